The molecular weight excluding hydrogens is 282 g/mol. The number of hydrogen-bond donors (Lipinski definition) is 1. The average Bonchev–Trinajstić information content (AvgIpc) is 3.07. The van der Waals surface area contributed by atoms with Crippen molar-refractivity contribution in [2.45, 2.75) is 6.42 Å². The minimum absolute atomic E-state index is 0.545. The number of anilines is 1. The largest absolute Gasteiger partial charge is 0.495 e. The van der Waals surface area contributed by atoms with Crippen LogP contribution in [0, 0.1) is 0 Å². The van der Waals surface area contributed by atoms with E-state index in [2.05, 4.69) is 15.0 Å². The Morgan fingerprint density at radius 3 is 2.77 bits per heavy atom. The fourth-order valence-corrected chi connectivity index (χ4v) is 2.35. The van der Waals surface area contributed by atoms with Gasteiger partial charge in [-0.05, 0) is 12.1 Å². The minimum Gasteiger partial charge on any atom is -0.495 e. The van der Waals surface area contributed by atoms with Gasteiger partial charge in [0.05, 0.1) is 30.6 Å². The molecule has 7 heteroatoms. The first-order chi connectivity index (χ1) is 10.7. The van der Waals surface area contributed by atoms with Gasteiger partial charge in [-0.3, -0.25) is 4.57 Å². The molecule has 0 radical (unpaired) electrons. The lowest BCUT2D eigenvalue weighted by Crippen LogP contribution is -2.07. The van der Waals surface area contributed by atoms with E-state index in [1.807, 2.05) is 12.1 Å². The second-order valence-corrected chi connectivity index (χ2v) is 4.76. The number of imidazole rings is 1. The maximum absolute atomic E-state index is 6.21. The van der Waals surface area contributed by atoms with Crippen molar-refractivity contribution in [2.24, 2.45) is 0 Å². The number of ether oxygens (including phenoxy) is 2. The lowest BCUT2D eigenvalue weighted by atomic mass is 10.1. The quantitative estimate of drug-likeness (QED) is 0.720. The Morgan fingerprint density at radius 2 is 2.09 bits per heavy atom. The summed E-state index contributed by atoms with van der Waals surface area (Å²) in [6.45, 7) is 0.548. The Bertz CT molecular complexity index is 786. The van der Waals surface area contributed by atoms with Crippen molar-refractivity contribution in [2.75, 3.05) is 26.6 Å². The zero-order valence-corrected chi connectivity index (χ0v) is 12.5. The Labute approximate surface area is 127 Å². The van der Waals surface area contributed by atoms with Crippen molar-refractivity contribution in [1.82, 2.24) is 19.5 Å². The third kappa shape index (κ3) is 2.46. The third-order valence-electron chi connectivity index (χ3n) is 3.43. The average molecular weight is 299 g/mol. The molecule has 22 heavy (non-hydrogen) atoms. The van der Waals surface area contributed by atoms with Gasteiger partial charge in [0.15, 0.2) is 0 Å². The number of aromatic nitrogens is 4. The highest BCUT2D eigenvalue weighted by Gasteiger charge is 2.14. The summed E-state index contributed by atoms with van der Waals surface area (Å²) < 4.78 is 12.2. The van der Waals surface area contributed by atoms with Crippen molar-refractivity contribution in [1.29, 1.82) is 0 Å². The molecule has 0 saturated carbocycles. The molecule has 3 aromatic rings. The Morgan fingerprint density at radius 1 is 1.23 bits per heavy atom. The first kappa shape index (κ1) is 14.3. The topological polar surface area (TPSA) is 88.1 Å². The van der Waals surface area contributed by atoms with Crippen LogP contribution in [0.3, 0.4) is 0 Å². The van der Waals surface area contributed by atoms with Crippen molar-refractivity contribution in [3.05, 3.63) is 36.5 Å². The summed E-state index contributed by atoms with van der Waals surface area (Å²) in [5.41, 5.74) is 8.34. The SMILES string of the molecule is COCCc1nc(-n2ccnc2)nc2ccc(OC)c(N)c12. The van der Waals surface area contributed by atoms with Crippen LogP contribution in [0.1, 0.15) is 5.69 Å². The maximum atomic E-state index is 6.21. The molecule has 0 aliphatic carbocycles. The monoisotopic (exact) mass is 299 g/mol. The maximum Gasteiger partial charge on any atom is 0.235 e. The molecule has 0 bridgehead atoms. The van der Waals surface area contributed by atoms with Crippen LogP contribution in [0.5, 0.6) is 5.75 Å². The lowest BCUT2D eigenvalue weighted by Gasteiger charge is -2.13. The fourth-order valence-electron chi connectivity index (χ4n) is 2.35. The fraction of sp³-hybridized carbons (Fsp3) is 0.267. The van der Waals surface area contributed by atoms with Gasteiger partial charge in [-0.15, -0.1) is 0 Å². The Kier molecular flexibility index (Phi) is 3.88. The number of nitrogen functional groups attached to an aromatic ring is 1. The molecule has 1 aromatic carbocycles. The Hall–Kier alpha value is -2.67. The standard InChI is InChI=1S/C15H17N5O2/c1-21-8-5-11-13-10(3-4-12(22-2)14(13)16)18-15(19-11)20-7-6-17-9-20/h3-4,6-7,9H,5,8,16H2,1-2H3. The molecule has 0 saturated heterocycles. The van der Waals surface area contributed by atoms with Gasteiger partial charge in [0.1, 0.15) is 12.1 Å². The van der Waals surface area contributed by atoms with E-state index in [1.54, 1.807) is 37.5 Å². The van der Waals surface area contributed by atoms with E-state index in [9.17, 15) is 0 Å². The zero-order chi connectivity index (χ0) is 15.5. The van der Waals surface area contributed by atoms with Gasteiger partial charge in [-0.2, -0.15) is 0 Å². The highest BCUT2D eigenvalue weighted by Crippen LogP contribution is 2.32. The van der Waals surface area contributed by atoms with Gasteiger partial charge in [0.2, 0.25) is 5.95 Å². The molecule has 0 fully saturated rings. The molecule has 2 aromatic heterocycles. The summed E-state index contributed by atoms with van der Waals surface area (Å²) in [6, 6.07) is 3.69. The van der Waals surface area contributed by atoms with Crippen LogP contribution >= 0.6 is 0 Å². The van der Waals surface area contributed by atoms with Crippen LogP contribution in [-0.4, -0.2) is 40.3 Å². The lowest BCUT2D eigenvalue weighted by molar-refractivity contribution is 0.201. The van der Waals surface area contributed by atoms with E-state index in [1.165, 1.54) is 0 Å². The summed E-state index contributed by atoms with van der Waals surface area (Å²) in [7, 11) is 3.25. The molecule has 0 unspecified atom stereocenters. The predicted molar refractivity (Wildman–Crippen MR) is 83.2 cm³/mol. The zero-order valence-electron chi connectivity index (χ0n) is 12.5. The van der Waals surface area contributed by atoms with Crippen molar-refractivity contribution in [3.63, 3.8) is 0 Å². The Balaban J connectivity index is 2.23. The summed E-state index contributed by atoms with van der Waals surface area (Å²) >= 11 is 0. The van der Waals surface area contributed by atoms with Crippen molar-refractivity contribution in [3.8, 4) is 11.7 Å². The molecule has 7 nitrogen and oxygen atoms in total. The molecule has 2 heterocycles. The van der Waals surface area contributed by atoms with Crippen molar-refractivity contribution >= 4 is 16.6 Å². The molecular formula is C15H17N5O2. The van der Waals surface area contributed by atoms with E-state index < -0.39 is 0 Å². The van der Waals surface area contributed by atoms with Crippen molar-refractivity contribution < 1.29 is 9.47 Å². The second-order valence-electron chi connectivity index (χ2n) is 4.76. The van der Waals surface area contributed by atoms with Gasteiger partial charge in [0.25, 0.3) is 0 Å². The van der Waals surface area contributed by atoms with Crippen LogP contribution < -0.4 is 10.5 Å². The first-order valence-corrected chi connectivity index (χ1v) is 6.85. The molecule has 114 valence electrons. The number of nitrogens with zero attached hydrogens (tertiary/aromatic N) is 4. The highest BCUT2D eigenvalue weighted by molar-refractivity contribution is 5.95. The number of rotatable bonds is 5. The predicted octanol–water partition coefficient (Wildman–Crippen LogP) is 1.60. The van der Waals surface area contributed by atoms with Gasteiger partial charge in [0, 0.05) is 31.3 Å². The molecule has 2 N–H and O–H groups in total. The van der Waals surface area contributed by atoms with E-state index in [0.29, 0.717) is 30.4 Å². The molecule has 0 atom stereocenters. The molecule has 0 aliphatic heterocycles. The molecule has 0 spiro atoms. The number of nitrogens with two attached hydrogens (primary N) is 1. The number of fused-ring (bicyclic) bond motifs is 1. The highest BCUT2D eigenvalue weighted by atomic mass is 16.5. The minimum atomic E-state index is 0.545. The van der Waals surface area contributed by atoms with Crippen LogP contribution in [-0.2, 0) is 11.2 Å². The summed E-state index contributed by atoms with van der Waals surface area (Å²) in [5.74, 6) is 1.17. The van der Waals surface area contributed by atoms with E-state index in [4.69, 9.17) is 15.2 Å². The van der Waals surface area contributed by atoms with Crippen LogP contribution in [0.15, 0.2) is 30.9 Å². The smallest absolute Gasteiger partial charge is 0.235 e. The van der Waals surface area contributed by atoms with Crippen LogP contribution in [0.25, 0.3) is 16.9 Å². The van der Waals surface area contributed by atoms with Gasteiger partial charge in [-0.1, -0.05) is 0 Å². The summed E-state index contributed by atoms with van der Waals surface area (Å²) in [5, 5.41) is 0.806. The molecule has 0 aliphatic rings. The second kappa shape index (κ2) is 5.98. The number of hydrogen-bond acceptors (Lipinski definition) is 6. The first-order valence-electron chi connectivity index (χ1n) is 6.85. The number of methoxy groups -OCH3 is 2. The van der Waals surface area contributed by atoms with E-state index >= 15 is 0 Å². The van der Waals surface area contributed by atoms with Crippen LogP contribution in [0.4, 0.5) is 5.69 Å². The third-order valence-corrected chi connectivity index (χ3v) is 3.43. The van der Waals surface area contributed by atoms with E-state index in [0.717, 1.165) is 16.6 Å². The number of benzene rings is 1. The van der Waals surface area contributed by atoms with Gasteiger partial charge >= 0.3 is 0 Å². The van der Waals surface area contributed by atoms with Gasteiger partial charge < -0.3 is 15.2 Å². The van der Waals surface area contributed by atoms with Gasteiger partial charge in [-0.25, -0.2) is 15.0 Å². The van der Waals surface area contributed by atoms with Crippen LogP contribution in [0.2, 0.25) is 0 Å². The normalized spacial score (nSPS) is 11.0. The molecule has 3 rings (SSSR count). The van der Waals surface area contributed by atoms with E-state index in [-0.39, 0.29) is 0 Å². The summed E-state index contributed by atoms with van der Waals surface area (Å²) in [6.07, 6.45) is 5.78. The summed E-state index contributed by atoms with van der Waals surface area (Å²) in [4.78, 5) is 13.2. The molecule has 0 amide bonds.